The van der Waals surface area contributed by atoms with Crippen LogP contribution in [0.5, 0.6) is 0 Å². The van der Waals surface area contributed by atoms with Crippen LogP contribution in [0.2, 0.25) is 0 Å². The molecule has 0 fully saturated rings. The van der Waals surface area contributed by atoms with Crippen molar-refractivity contribution in [3.05, 3.63) is 29.6 Å². The first kappa shape index (κ1) is 13.1. The molecule has 2 rings (SSSR count). The molecular formula is C15H23N3. The second-order valence-corrected chi connectivity index (χ2v) is 5.39. The van der Waals surface area contributed by atoms with E-state index in [9.17, 15) is 0 Å². The monoisotopic (exact) mass is 245 g/mol. The summed E-state index contributed by atoms with van der Waals surface area (Å²) in [7, 11) is 0. The number of hydrogen-bond donors (Lipinski definition) is 1. The van der Waals surface area contributed by atoms with Gasteiger partial charge in [0.2, 0.25) is 0 Å². The lowest BCUT2D eigenvalue weighted by Crippen LogP contribution is -2.11. The number of fused-ring (bicyclic) bond motifs is 1. The van der Waals surface area contributed by atoms with Crippen LogP contribution in [0.3, 0.4) is 0 Å². The third-order valence-corrected chi connectivity index (χ3v) is 3.28. The summed E-state index contributed by atoms with van der Waals surface area (Å²) >= 11 is 0. The molecule has 0 aliphatic rings. The van der Waals surface area contributed by atoms with Crippen molar-refractivity contribution in [2.75, 3.05) is 6.54 Å². The molecule has 0 atom stereocenters. The predicted molar refractivity (Wildman–Crippen MR) is 76.7 cm³/mol. The molecule has 1 aromatic heterocycles. The number of nitrogens with zero attached hydrogens (tertiary/aromatic N) is 2. The highest BCUT2D eigenvalue weighted by Crippen LogP contribution is 2.19. The molecule has 18 heavy (non-hydrogen) atoms. The molecule has 2 N–H and O–H groups in total. The highest BCUT2D eigenvalue weighted by Gasteiger charge is 2.10. The second-order valence-electron chi connectivity index (χ2n) is 5.39. The Balaban J connectivity index is 2.41. The predicted octanol–water partition coefficient (Wildman–Crippen LogP) is 2.89. The Morgan fingerprint density at radius 2 is 2.11 bits per heavy atom. The largest absolute Gasteiger partial charge is 0.330 e. The molecule has 0 saturated heterocycles. The van der Waals surface area contributed by atoms with Gasteiger partial charge >= 0.3 is 0 Å². The normalized spacial score (nSPS) is 11.6. The van der Waals surface area contributed by atoms with Gasteiger partial charge in [-0.2, -0.15) is 0 Å². The molecular weight excluding hydrogens is 222 g/mol. The standard InChI is InChI=1S/C15H23N3/c1-11(2)7-9-18-14-5-4-12(3)10-13(14)17-15(18)6-8-16/h4-5,10-11H,6-9,16H2,1-3H3. The zero-order valence-electron chi connectivity index (χ0n) is 11.6. The molecule has 0 radical (unpaired) electrons. The van der Waals surface area contributed by atoms with E-state index < -0.39 is 0 Å². The summed E-state index contributed by atoms with van der Waals surface area (Å²) < 4.78 is 2.33. The van der Waals surface area contributed by atoms with E-state index in [1.165, 1.54) is 17.5 Å². The Hall–Kier alpha value is -1.35. The van der Waals surface area contributed by atoms with E-state index in [1.54, 1.807) is 0 Å². The van der Waals surface area contributed by atoms with Gasteiger partial charge in [0, 0.05) is 13.0 Å². The van der Waals surface area contributed by atoms with E-state index in [1.807, 2.05) is 0 Å². The fourth-order valence-corrected chi connectivity index (χ4v) is 2.25. The molecule has 2 aromatic rings. The zero-order chi connectivity index (χ0) is 13.1. The summed E-state index contributed by atoms with van der Waals surface area (Å²) in [5, 5.41) is 0. The smallest absolute Gasteiger partial charge is 0.111 e. The van der Waals surface area contributed by atoms with Crippen LogP contribution in [-0.4, -0.2) is 16.1 Å². The number of hydrogen-bond acceptors (Lipinski definition) is 2. The molecule has 0 saturated carbocycles. The molecule has 0 aliphatic carbocycles. The van der Waals surface area contributed by atoms with E-state index >= 15 is 0 Å². The van der Waals surface area contributed by atoms with Gasteiger partial charge in [-0.1, -0.05) is 19.9 Å². The van der Waals surface area contributed by atoms with E-state index in [2.05, 4.69) is 43.5 Å². The van der Waals surface area contributed by atoms with Gasteiger partial charge < -0.3 is 10.3 Å². The minimum absolute atomic E-state index is 0.657. The Kier molecular flexibility index (Phi) is 4.02. The minimum atomic E-state index is 0.657. The van der Waals surface area contributed by atoms with Gasteiger partial charge in [-0.15, -0.1) is 0 Å². The van der Waals surface area contributed by atoms with Gasteiger partial charge in [-0.05, 0) is 43.5 Å². The fraction of sp³-hybridized carbons (Fsp3) is 0.533. The van der Waals surface area contributed by atoms with E-state index in [-0.39, 0.29) is 0 Å². The van der Waals surface area contributed by atoms with Crippen LogP contribution in [0, 0.1) is 12.8 Å². The highest BCUT2D eigenvalue weighted by atomic mass is 15.1. The number of imidazole rings is 1. The van der Waals surface area contributed by atoms with Crippen molar-refractivity contribution >= 4 is 11.0 Å². The van der Waals surface area contributed by atoms with Crippen LogP contribution >= 0.6 is 0 Å². The molecule has 0 spiro atoms. The third kappa shape index (κ3) is 2.72. The summed E-state index contributed by atoms with van der Waals surface area (Å²) in [5.41, 5.74) is 9.28. The lowest BCUT2D eigenvalue weighted by Gasteiger charge is -2.10. The molecule has 1 heterocycles. The zero-order valence-corrected chi connectivity index (χ0v) is 11.6. The minimum Gasteiger partial charge on any atom is -0.330 e. The molecule has 3 heteroatoms. The van der Waals surface area contributed by atoms with Crippen LogP contribution in [0.1, 0.15) is 31.7 Å². The van der Waals surface area contributed by atoms with E-state index in [4.69, 9.17) is 10.7 Å². The van der Waals surface area contributed by atoms with Crippen LogP contribution in [0.15, 0.2) is 18.2 Å². The molecule has 98 valence electrons. The Morgan fingerprint density at radius 1 is 1.33 bits per heavy atom. The van der Waals surface area contributed by atoms with Crippen molar-refractivity contribution in [3.8, 4) is 0 Å². The lowest BCUT2D eigenvalue weighted by atomic mass is 10.1. The summed E-state index contributed by atoms with van der Waals surface area (Å²) in [5.74, 6) is 1.83. The van der Waals surface area contributed by atoms with Crippen LogP contribution < -0.4 is 5.73 Å². The van der Waals surface area contributed by atoms with Gasteiger partial charge in [0.05, 0.1) is 11.0 Å². The van der Waals surface area contributed by atoms with Crippen molar-refractivity contribution in [1.82, 2.24) is 9.55 Å². The Morgan fingerprint density at radius 3 is 2.78 bits per heavy atom. The quantitative estimate of drug-likeness (QED) is 0.880. The number of aryl methyl sites for hydroxylation is 2. The van der Waals surface area contributed by atoms with Gasteiger partial charge in [-0.25, -0.2) is 4.98 Å². The lowest BCUT2D eigenvalue weighted by molar-refractivity contribution is 0.512. The first-order valence-electron chi connectivity index (χ1n) is 6.77. The van der Waals surface area contributed by atoms with E-state index in [0.29, 0.717) is 12.5 Å². The number of nitrogens with two attached hydrogens (primary N) is 1. The molecule has 0 bridgehead atoms. The molecule has 0 aliphatic heterocycles. The van der Waals surface area contributed by atoms with Gasteiger partial charge in [0.1, 0.15) is 5.82 Å². The maximum atomic E-state index is 5.68. The average Bonchev–Trinajstić information content (AvgIpc) is 2.63. The van der Waals surface area contributed by atoms with Gasteiger partial charge in [0.15, 0.2) is 0 Å². The Labute approximate surface area is 109 Å². The molecule has 0 amide bonds. The number of rotatable bonds is 5. The maximum Gasteiger partial charge on any atom is 0.111 e. The first-order valence-corrected chi connectivity index (χ1v) is 6.77. The summed E-state index contributed by atoms with van der Waals surface area (Å²) in [6.07, 6.45) is 2.03. The first-order chi connectivity index (χ1) is 8.61. The Bertz CT molecular complexity index is 526. The van der Waals surface area contributed by atoms with Crippen molar-refractivity contribution in [1.29, 1.82) is 0 Å². The van der Waals surface area contributed by atoms with Crippen molar-refractivity contribution in [2.24, 2.45) is 11.7 Å². The van der Waals surface area contributed by atoms with Gasteiger partial charge in [-0.3, -0.25) is 0 Å². The number of aromatic nitrogens is 2. The van der Waals surface area contributed by atoms with E-state index in [0.717, 1.165) is 24.3 Å². The molecule has 1 aromatic carbocycles. The number of benzene rings is 1. The SMILES string of the molecule is Cc1ccc2c(c1)nc(CCN)n2CCC(C)C. The van der Waals surface area contributed by atoms with Crippen molar-refractivity contribution in [3.63, 3.8) is 0 Å². The summed E-state index contributed by atoms with van der Waals surface area (Å²) in [6, 6.07) is 6.49. The third-order valence-electron chi connectivity index (χ3n) is 3.28. The van der Waals surface area contributed by atoms with Crippen LogP contribution in [0.25, 0.3) is 11.0 Å². The topological polar surface area (TPSA) is 43.8 Å². The summed E-state index contributed by atoms with van der Waals surface area (Å²) in [4.78, 5) is 4.72. The van der Waals surface area contributed by atoms with Crippen molar-refractivity contribution in [2.45, 2.75) is 40.2 Å². The highest BCUT2D eigenvalue weighted by molar-refractivity contribution is 5.76. The molecule has 3 nitrogen and oxygen atoms in total. The van der Waals surface area contributed by atoms with Gasteiger partial charge in [0.25, 0.3) is 0 Å². The van der Waals surface area contributed by atoms with Crippen LogP contribution in [0.4, 0.5) is 0 Å². The molecule has 0 unspecified atom stereocenters. The average molecular weight is 245 g/mol. The van der Waals surface area contributed by atoms with Crippen molar-refractivity contribution < 1.29 is 0 Å². The second kappa shape index (κ2) is 5.53. The maximum absolute atomic E-state index is 5.68. The summed E-state index contributed by atoms with van der Waals surface area (Å²) in [6.45, 7) is 8.31. The van der Waals surface area contributed by atoms with Crippen LogP contribution in [-0.2, 0) is 13.0 Å². The fourth-order valence-electron chi connectivity index (χ4n) is 2.25.